The quantitative estimate of drug-likeness (QED) is 0.607. The van der Waals surface area contributed by atoms with Crippen LogP contribution >= 0.6 is 11.6 Å². The van der Waals surface area contributed by atoms with Crippen molar-refractivity contribution in [3.05, 3.63) is 76.8 Å². The second kappa shape index (κ2) is 6.40. The van der Waals surface area contributed by atoms with Crippen LogP contribution in [-0.2, 0) is 26.7 Å². The van der Waals surface area contributed by atoms with Gasteiger partial charge in [-0.2, -0.15) is 5.10 Å². The maximum absolute atomic E-state index is 13.9. The summed E-state index contributed by atoms with van der Waals surface area (Å²) >= 11 is 6.31. The Bertz CT molecular complexity index is 1120. The van der Waals surface area contributed by atoms with Crippen LogP contribution in [0.5, 0.6) is 0 Å². The SMILES string of the molecule is CS(=O)(=O)c1ncnn1C[C@]1(c2cccc(F)c2)O[C@@H]1c1ccccc1Cl. The lowest BCUT2D eigenvalue weighted by molar-refractivity contribution is 0.255. The molecule has 4 rings (SSSR count). The van der Waals surface area contributed by atoms with Gasteiger partial charge in [0.1, 0.15) is 23.8 Å². The highest BCUT2D eigenvalue weighted by Gasteiger charge is 2.60. The van der Waals surface area contributed by atoms with Crippen molar-refractivity contribution in [3.63, 3.8) is 0 Å². The predicted molar refractivity (Wildman–Crippen MR) is 96.5 cm³/mol. The van der Waals surface area contributed by atoms with E-state index in [1.54, 1.807) is 24.3 Å². The topological polar surface area (TPSA) is 77.4 Å². The van der Waals surface area contributed by atoms with Gasteiger partial charge in [0.2, 0.25) is 15.0 Å². The van der Waals surface area contributed by atoms with Crippen molar-refractivity contribution < 1.29 is 17.5 Å². The molecule has 0 unspecified atom stereocenters. The number of sulfone groups is 1. The van der Waals surface area contributed by atoms with Gasteiger partial charge in [-0.1, -0.05) is 41.9 Å². The highest BCUT2D eigenvalue weighted by Crippen LogP contribution is 2.59. The number of aromatic nitrogens is 3. The van der Waals surface area contributed by atoms with Gasteiger partial charge >= 0.3 is 0 Å². The fourth-order valence-electron chi connectivity index (χ4n) is 3.23. The minimum atomic E-state index is -3.58. The van der Waals surface area contributed by atoms with Crippen molar-refractivity contribution in [2.24, 2.45) is 0 Å². The summed E-state index contributed by atoms with van der Waals surface area (Å²) in [6, 6.07) is 13.2. The molecule has 1 aliphatic rings. The molecular formula is C18H15ClFN3O3S. The summed E-state index contributed by atoms with van der Waals surface area (Å²) < 4.78 is 45.1. The minimum Gasteiger partial charge on any atom is -0.354 e. The van der Waals surface area contributed by atoms with Gasteiger partial charge in [-0.3, -0.25) is 0 Å². The number of epoxide rings is 1. The maximum Gasteiger partial charge on any atom is 0.245 e. The first-order valence-corrected chi connectivity index (χ1v) is 10.3. The number of hydrogen-bond acceptors (Lipinski definition) is 5. The molecule has 3 aromatic rings. The van der Waals surface area contributed by atoms with E-state index in [2.05, 4.69) is 10.1 Å². The Kier molecular flexibility index (Phi) is 4.29. The molecule has 2 atom stereocenters. The Hall–Kier alpha value is -2.29. The van der Waals surface area contributed by atoms with E-state index >= 15 is 0 Å². The van der Waals surface area contributed by atoms with E-state index in [4.69, 9.17) is 16.3 Å². The first kappa shape index (κ1) is 18.1. The molecule has 1 aromatic heterocycles. The summed E-state index contributed by atoms with van der Waals surface area (Å²) in [5, 5.41) is 4.37. The zero-order valence-corrected chi connectivity index (χ0v) is 15.8. The molecule has 0 bridgehead atoms. The fraction of sp³-hybridized carbons (Fsp3) is 0.222. The third kappa shape index (κ3) is 3.24. The van der Waals surface area contributed by atoms with Crippen molar-refractivity contribution >= 4 is 21.4 Å². The Morgan fingerprint density at radius 1 is 1.26 bits per heavy atom. The van der Waals surface area contributed by atoms with Gasteiger partial charge in [-0.25, -0.2) is 22.5 Å². The number of hydrogen-bond donors (Lipinski definition) is 0. The number of ether oxygens (including phenoxy) is 1. The molecule has 9 heteroatoms. The Labute approximate surface area is 160 Å². The smallest absolute Gasteiger partial charge is 0.245 e. The fourth-order valence-corrected chi connectivity index (χ4v) is 4.20. The molecule has 1 fully saturated rings. The molecule has 140 valence electrons. The normalized spacial score (nSPS) is 22.0. The van der Waals surface area contributed by atoms with Gasteiger partial charge in [0.15, 0.2) is 0 Å². The maximum atomic E-state index is 13.9. The van der Waals surface area contributed by atoms with Crippen LogP contribution < -0.4 is 0 Å². The van der Waals surface area contributed by atoms with E-state index in [-0.39, 0.29) is 11.7 Å². The first-order chi connectivity index (χ1) is 12.8. The van der Waals surface area contributed by atoms with Crippen LogP contribution in [-0.4, -0.2) is 29.4 Å². The number of benzene rings is 2. The van der Waals surface area contributed by atoms with Gasteiger partial charge in [0, 0.05) is 16.8 Å². The van der Waals surface area contributed by atoms with E-state index in [0.29, 0.717) is 10.6 Å². The van der Waals surface area contributed by atoms with Gasteiger partial charge in [-0.15, -0.1) is 0 Å². The largest absolute Gasteiger partial charge is 0.354 e. The molecule has 0 aliphatic carbocycles. The summed E-state index contributed by atoms with van der Waals surface area (Å²) in [6.07, 6.45) is 1.76. The average molecular weight is 408 g/mol. The highest BCUT2D eigenvalue weighted by molar-refractivity contribution is 7.90. The lowest BCUT2D eigenvalue weighted by Crippen LogP contribution is -2.23. The molecule has 2 heterocycles. The third-order valence-electron chi connectivity index (χ3n) is 4.49. The van der Waals surface area contributed by atoms with Crippen molar-refractivity contribution in [2.45, 2.75) is 23.4 Å². The van der Waals surface area contributed by atoms with Gasteiger partial charge in [0.05, 0.1) is 6.54 Å². The Balaban J connectivity index is 1.80. The standard InChI is InChI=1S/C18H15ClFN3O3S/c1-27(24,25)17-21-11-22-23(17)10-18(12-5-4-6-13(20)9-12)16(26-18)14-7-2-3-8-15(14)19/h2-9,11,16H,10H2,1H3/t16-,18-/m1/s1. The summed E-state index contributed by atoms with van der Waals surface area (Å²) in [7, 11) is -3.58. The number of nitrogens with zero attached hydrogens (tertiary/aromatic N) is 3. The Morgan fingerprint density at radius 3 is 2.74 bits per heavy atom. The van der Waals surface area contributed by atoms with E-state index < -0.39 is 27.4 Å². The molecule has 1 aliphatic heterocycles. The molecule has 0 radical (unpaired) electrons. The average Bonchev–Trinajstić information content (AvgIpc) is 3.12. The lowest BCUT2D eigenvalue weighted by atomic mass is 9.91. The van der Waals surface area contributed by atoms with Gasteiger partial charge < -0.3 is 4.74 Å². The third-order valence-corrected chi connectivity index (χ3v) is 5.82. The summed E-state index contributed by atoms with van der Waals surface area (Å²) in [4.78, 5) is 3.83. The van der Waals surface area contributed by atoms with E-state index in [9.17, 15) is 12.8 Å². The molecule has 2 aromatic carbocycles. The minimum absolute atomic E-state index is 0.0503. The second-order valence-electron chi connectivity index (χ2n) is 6.39. The first-order valence-electron chi connectivity index (χ1n) is 8.07. The monoisotopic (exact) mass is 407 g/mol. The zero-order valence-electron chi connectivity index (χ0n) is 14.2. The molecule has 0 amide bonds. The second-order valence-corrected chi connectivity index (χ2v) is 8.71. The van der Waals surface area contributed by atoms with Crippen molar-refractivity contribution in [3.8, 4) is 0 Å². The van der Waals surface area contributed by atoms with Crippen LogP contribution in [0.25, 0.3) is 0 Å². The summed E-state index contributed by atoms with van der Waals surface area (Å²) in [6.45, 7) is 0.0503. The molecular weight excluding hydrogens is 393 g/mol. The number of rotatable bonds is 5. The van der Waals surface area contributed by atoms with Crippen LogP contribution in [0, 0.1) is 5.82 Å². The van der Waals surface area contributed by atoms with Crippen LogP contribution in [0.2, 0.25) is 5.02 Å². The van der Waals surface area contributed by atoms with Crippen molar-refractivity contribution in [2.75, 3.05) is 6.26 Å². The molecule has 6 nitrogen and oxygen atoms in total. The number of halogens is 2. The van der Waals surface area contributed by atoms with Crippen molar-refractivity contribution in [1.29, 1.82) is 0 Å². The van der Waals surface area contributed by atoms with Gasteiger partial charge in [-0.05, 0) is 23.8 Å². The molecule has 27 heavy (non-hydrogen) atoms. The molecule has 0 saturated carbocycles. The predicted octanol–water partition coefficient (Wildman–Crippen LogP) is 3.14. The Morgan fingerprint density at radius 2 is 2.04 bits per heavy atom. The van der Waals surface area contributed by atoms with Crippen LogP contribution in [0.4, 0.5) is 4.39 Å². The zero-order chi connectivity index (χ0) is 19.2. The van der Waals surface area contributed by atoms with Crippen LogP contribution in [0.1, 0.15) is 17.2 Å². The molecule has 1 saturated heterocycles. The van der Waals surface area contributed by atoms with E-state index in [1.807, 2.05) is 12.1 Å². The van der Waals surface area contributed by atoms with Crippen LogP contribution in [0.3, 0.4) is 0 Å². The van der Waals surface area contributed by atoms with Crippen molar-refractivity contribution in [1.82, 2.24) is 14.8 Å². The lowest BCUT2D eigenvalue weighted by Gasteiger charge is -2.15. The molecule has 0 spiro atoms. The summed E-state index contributed by atoms with van der Waals surface area (Å²) in [5.74, 6) is -0.415. The van der Waals surface area contributed by atoms with E-state index in [1.165, 1.54) is 23.1 Å². The highest BCUT2D eigenvalue weighted by atomic mass is 35.5. The van der Waals surface area contributed by atoms with E-state index in [0.717, 1.165) is 11.8 Å². The van der Waals surface area contributed by atoms with Gasteiger partial charge in [0.25, 0.3) is 0 Å². The van der Waals surface area contributed by atoms with Crippen LogP contribution in [0.15, 0.2) is 60.0 Å². The molecule has 0 N–H and O–H groups in total. The summed E-state index contributed by atoms with van der Waals surface area (Å²) in [5.41, 5.74) is 0.312.